The van der Waals surface area contributed by atoms with Crippen molar-refractivity contribution >= 4 is 19.4 Å². The molecule has 3 rings (SSSR count). The second-order valence-corrected chi connectivity index (χ2v) is 7.30. The first kappa shape index (κ1) is 20.5. The zero-order valence-electron chi connectivity index (χ0n) is 15.5. The molecule has 0 N–H and O–H groups in total. The molecule has 1 unspecified atom stereocenters. The summed E-state index contributed by atoms with van der Waals surface area (Å²) in [6.45, 7) is 4.53. The van der Waals surface area contributed by atoms with E-state index in [4.69, 9.17) is 4.74 Å². The molecule has 0 aromatic heterocycles. The molecular weight excluding hydrogens is 334 g/mol. The van der Waals surface area contributed by atoms with Gasteiger partial charge in [0, 0.05) is 5.56 Å². The number of hydrogen-bond donors (Lipinski definition) is 0. The predicted molar refractivity (Wildman–Crippen MR) is 105 cm³/mol. The smallest absolute Gasteiger partial charge is 0.489 e. The first-order valence-electron chi connectivity index (χ1n) is 8.28. The van der Waals surface area contributed by atoms with Crippen LogP contribution in [0.2, 0.25) is 0 Å². The molecule has 0 bridgehead atoms. The van der Waals surface area contributed by atoms with Crippen LogP contribution in [0.25, 0.3) is 0 Å². The predicted octanol–water partition coefficient (Wildman–Crippen LogP) is 2.03. The first-order chi connectivity index (χ1) is 12.1. The van der Waals surface area contributed by atoms with Gasteiger partial charge >= 0.3 is 18.9 Å². The van der Waals surface area contributed by atoms with Crippen LogP contribution in [0.4, 0.5) is 0 Å². The molecule has 0 heterocycles. The summed E-state index contributed by atoms with van der Waals surface area (Å²) >= 11 is 0. The van der Waals surface area contributed by atoms with Gasteiger partial charge in [-0.05, 0) is 56.6 Å². The van der Waals surface area contributed by atoms with E-state index in [1.54, 1.807) is 0 Å². The minimum atomic E-state index is 0. The Morgan fingerprint density at radius 2 is 1.46 bits per heavy atom. The van der Waals surface area contributed by atoms with Gasteiger partial charge in [0.2, 0.25) is 0 Å². The Morgan fingerprint density at radius 3 is 2.08 bits per heavy atom. The van der Waals surface area contributed by atoms with E-state index in [1.165, 1.54) is 0 Å². The van der Waals surface area contributed by atoms with E-state index >= 15 is 0 Å². The van der Waals surface area contributed by atoms with Crippen LogP contribution in [0.3, 0.4) is 0 Å². The maximum atomic E-state index is 12.6. The first-order valence-corrected chi connectivity index (χ1v) is 9.28. The molecule has 0 saturated heterocycles. The van der Waals surface area contributed by atoms with Gasteiger partial charge in [-0.3, -0.25) is 4.79 Å². The van der Waals surface area contributed by atoms with Gasteiger partial charge in [0.25, 0.3) is 0 Å². The molecule has 126 valence electrons. The minimum Gasteiger partial charge on any atom is -0.489 e. The number of benzene rings is 3. The van der Waals surface area contributed by atoms with E-state index < -0.39 is 0 Å². The average molecular weight is 355 g/mol. The fraction of sp³-hybridized carbons (Fsp3) is 0.136. The van der Waals surface area contributed by atoms with Crippen LogP contribution in [0.5, 0.6) is 5.75 Å². The maximum absolute atomic E-state index is 12.6. The van der Waals surface area contributed by atoms with E-state index in [0.717, 1.165) is 33.3 Å². The topological polar surface area (TPSA) is 26.3 Å². The summed E-state index contributed by atoms with van der Waals surface area (Å²) in [7, 11) is 0.125. The van der Waals surface area contributed by atoms with Crippen LogP contribution in [0, 0.1) is 13.8 Å². The molecule has 0 aliphatic rings. The summed E-state index contributed by atoms with van der Waals surface area (Å²) in [5, 5.41) is 1.03. The monoisotopic (exact) mass is 355 g/mol. The number of aryl methyl sites for hydroxylation is 2. The van der Waals surface area contributed by atoms with Gasteiger partial charge in [-0.2, -0.15) is 0 Å². The molecule has 0 saturated carbocycles. The van der Waals surface area contributed by atoms with E-state index in [9.17, 15) is 4.79 Å². The Hall–Kier alpha value is -1.84. The van der Waals surface area contributed by atoms with Crippen LogP contribution in [0.15, 0.2) is 72.8 Å². The van der Waals surface area contributed by atoms with Crippen LogP contribution in [-0.2, 0) is 6.61 Å². The average Bonchev–Trinajstić information content (AvgIpc) is 2.62. The number of rotatable bonds is 6. The number of carbonyl (C=O) groups excluding carboxylic acids is 1. The normalized spacial score (nSPS) is 10.5. The van der Waals surface area contributed by atoms with Gasteiger partial charge in [0.05, 0.1) is 0 Å². The Balaban J connectivity index is 0.00000243. The molecule has 0 amide bonds. The maximum Gasteiger partial charge on any atom is 1.00 e. The fourth-order valence-corrected chi connectivity index (χ4v) is 3.86. The molecule has 4 heteroatoms. The summed E-state index contributed by atoms with van der Waals surface area (Å²) in [6.07, 6.45) is 0. The zero-order valence-corrected chi connectivity index (χ0v) is 16.5. The van der Waals surface area contributed by atoms with Crippen LogP contribution in [0.1, 0.15) is 27.0 Å². The number of carbonyl (C=O) groups is 1. The molecule has 0 spiro atoms. The Morgan fingerprint density at radius 1 is 0.846 bits per heavy atom. The minimum absolute atomic E-state index is 0. The molecule has 3 aromatic rings. The molecule has 3 aromatic carbocycles. The molecule has 26 heavy (non-hydrogen) atoms. The SMILES string of the molecule is Cc1cccc(C)c1C(=O)Pc1ccc(OCc2ccccc2)cc1.[Li+]. The molecule has 2 nitrogen and oxygen atoms in total. The number of hydrogen-bond acceptors (Lipinski definition) is 2. The van der Waals surface area contributed by atoms with E-state index in [1.807, 2.05) is 86.6 Å². The van der Waals surface area contributed by atoms with Gasteiger partial charge in [-0.1, -0.05) is 60.7 Å². The summed E-state index contributed by atoms with van der Waals surface area (Å²) in [6, 6.07) is 23.9. The molecule has 0 aliphatic heterocycles. The Bertz CT molecular complexity index is 841. The standard InChI is InChI=1S/C22H21O2P.Li/c1-16-7-6-8-17(2)21(16)22(23)25-20-13-11-19(12-14-20)24-15-18-9-4-3-5-10-18;/h3-14,25H,15H2,1-2H3;/q;+1. The van der Waals surface area contributed by atoms with Crippen molar-refractivity contribution in [2.24, 2.45) is 0 Å². The fourth-order valence-electron chi connectivity index (χ4n) is 2.74. The molecular formula is C22H21LiO2P+. The van der Waals surface area contributed by atoms with Crippen LogP contribution < -0.4 is 28.9 Å². The summed E-state index contributed by atoms with van der Waals surface area (Å²) < 4.78 is 5.79. The zero-order chi connectivity index (χ0) is 17.6. The number of ether oxygens (including phenoxy) is 1. The largest absolute Gasteiger partial charge is 1.00 e. The molecule has 0 aliphatic carbocycles. The van der Waals surface area contributed by atoms with Crippen molar-refractivity contribution in [2.75, 3.05) is 0 Å². The van der Waals surface area contributed by atoms with Crippen molar-refractivity contribution in [1.29, 1.82) is 0 Å². The third-order valence-corrected chi connectivity index (χ3v) is 5.17. The van der Waals surface area contributed by atoms with Gasteiger partial charge in [-0.25, -0.2) is 0 Å². The second-order valence-electron chi connectivity index (χ2n) is 6.02. The summed E-state index contributed by atoms with van der Waals surface area (Å²) in [5.74, 6) is 0.817. The van der Waals surface area contributed by atoms with Crippen LogP contribution in [-0.4, -0.2) is 5.52 Å². The summed E-state index contributed by atoms with van der Waals surface area (Å²) in [5.41, 5.74) is 4.26. The van der Waals surface area contributed by atoms with E-state index in [0.29, 0.717) is 6.61 Å². The van der Waals surface area contributed by atoms with Crippen molar-refractivity contribution < 1.29 is 28.4 Å². The molecule has 1 atom stereocenters. The Labute approximate surface area is 168 Å². The molecule has 0 fully saturated rings. The Kier molecular flexibility index (Phi) is 7.67. The van der Waals surface area contributed by atoms with Gasteiger partial charge in [0.1, 0.15) is 12.4 Å². The van der Waals surface area contributed by atoms with Crippen LogP contribution >= 0.6 is 8.58 Å². The summed E-state index contributed by atoms with van der Waals surface area (Å²) in [4.78, 5) is 12.6. The van der Waals surface area contributed by atoms with E-state index in [-0.39, 0.29) is 33.0 Å². The second kappa shape index (κ2) is 9.74. The van der Waals surface area contributed by atoms with Crippen molar-refractivity contribution in [1.82, 2.24) is 0 Å². The van der Waals surface area contributed by atoms with Gasteiger partial charge in [0.15, 0.2) is 5.52 Å². The quantitative estimate of drug-likeness (QED) is 0.500. The van der Waals surface area contributed by atoms with Gasteiger partial charge < -0.3 is 4.74 Å². The third kappa shape index (κ3) is 5.33. The van der Waals surface area contributed by atoms with Crippen molar-refractivity contribution in [3.63, 3.8) is 0 Å². The van der Waals surface area contributed by atoms with Crippen molar-refractivity contribution in [3.8, 4) is 5.75 Å². The van der Waals surface area contributed by atoms with Gasteiger partial charge in [-0.15, -0.1) is 0 Å². The van der Waals surface area contributed by atoms with E-state index in [2.05, 4.69) is 0 Å². The molecule has 0 radical (unpaired) electrons. The van der Waals surface area contributed by atoms with Crippen molar-refractivity contribution in [2.45, 2.75) is 20.5 Å². The third-order valence-electron chi connectivity index (χ3n) is 4.07. The van der Waals surface area contributed by atoms with Crippen molar-refractivity contribution in [3.05, 3.63) is 95.1 Å².